The zero-order valence-electron chi connectivity index (χ0n) is 15.2. The van der Waals surface area contributed by atoms with E-state index in [-0.39, 0.29) is 17.5 Å². The Morgan fingerprint density at radius 3 is 2.74 bits per heavy atom. The number of ether oxygens (including phenoxy) is 1. The molecule has 1 amide bonds. The van der Waals surface area contributed by atoms with E-state index in [0.29, 0.717) is 34.7 Å². The van der Waals surface area contributed by atoms with Crippen LogP contribution < -0.4 is 4.90 Å². The summed E-state index contributed by atoms with van der Waals surface area (Å²) in [6, 6.07) is 4.91. The van der Waals surface area contributed by atoms with E-state index in [9.17, 15) is 14.7 Å². The van der Waals surface area contributed by atoms with Gasteiger partial charge in [-0.3, -0.25) is 9.69 Å². The number of nitrogens with zero attached hydrogens (tertiary/aromatic N) is 1. The highest BCUT2D eigenvalue weighted by molar-refractivity contribution is 6.43. The fraction of sp³-hybridized carbons (Fsp3) is 0.400. The van der Waals surface area contributed by atoms with E-state index in [2.05, 4.69) is 0 Å². The normalized spacial score (nSPS) is 22.9. The standard InChI is InChI=1S/C20H21Cl2NO4/c1-3-27-19(25)17(22)11-12-10-13(8-9-16(12)21)23-18(24)14-6-4-5-7-15(14)20(23,2)26/h8-11,26H,3-7H2,1-2H3. The molecule has 5 nitrogen and oxygen atoms in total. The lowest BCUT2D eigenvalue weighted by molar-refractivity contribution is -0.137. The minimum absolute atomic E-state index is 0.118. The molecular formula is C20H21Cl2NO4. The molecule has 1 heterocycles. The molecule has 7 heteroatoms. The number of rotatable bonds is 4. The van der Waals surface area contributed by atoms with Crippen LogP contribution in [0.4, 0.5) is 5.69 Å². The van der Waals surface area contributed by atoms with E-state index in [1.165, 1.54) is 11.0 Å². The van der Waals surface area contributed by atoms with Gasteiger partial charge in [-0.2, -0.15) is 0 Å². The van der Waals surface area contributed by atoms with Crippen molar-refractivity contribution in [1.29, 1.82) is 0 Å². The summed E-state index contributed by atoms with van der Waals surface area (Å²) in [7, 11) is 0. The second-order valence-electron chi connectivity index (χ2n) is 6.74. The molecule has 0 bridgehead atoms. The Hall–Kier alpha value is -1.82. The Morgan fingerprint density at radius 2 is 2.07 bits per heavy atom. The highest BCUT2D eigenvalue weighted by Crippen LogP contribution is 2.44. The van der Waals surface area contributed by atoms with Crippen molar-refractivity contribution in [3.05, 3.63) is 45.0 Å². The maximum absolute atomic E-state index is 12.9. The zero-order valence-corrected chi connectivity index (χ0v) is 16.7. The average Bonchev–Trinajstić information content (AvgIpc) is 2.84. The molecule has 0 fully saturated rings. The van der Waals surface area contributed by atoms with Crippen LogP contribution in [0, 0.1) is 0 Å². The van der Waals surface area contributed by atoms with Crippen LogP contribution in [-0.4, -0.2) is 29.3 Å². The first-order valence-corrected chi connectivity index (χ1v) is 9.66. The van der Waals surface area contributed by atoms with Gasteiger partial charge in [-0.15, -0.1) is 0 Å². The van der Waals surface area contributed by atoms with Crippen LogP contribution in [0.2, 0.25) is 5.02 Å². The van der Waals surface area contributed by atoms with Crippen LogP contribution in [0.1, 0.15) is 45.1 Å². The van der Waals surface area contributed by atoms with Gasteiger partial charge in [-0.25, -0.2) is 4.79 Å². The Labute approximate surface area is 168 Å². The summed E-state index contributed by atoms with van der Waals surface area (Å²) >= 11 is 12.2. The van der Waals surface area contributed by atoms with Crippen LogP contribution in [0.15, 0.2) is 34.4 Å². The molecular weight excluding hydrogens is 389 g/mol. The fourth-order valence-corrected chi connectivity index (χ4v) is 4.02. The first-order chi connectivity index (χ1) is 12.8. The molecule has 0 saturated heterocycles. The number of halogens is 2. The quantitative estimate of drug-likeness (QED) is 0.590. The van der Waals surface area contributed by atoms with Gasteiger partial charge in [0.25, 0.3) is 5.91 Å². The number of carbonyl (C=O) groups excluding carboxylic acids is 2. The molecule has 3 rings (SSSR count). The summed E-state index contributed by atoms with van der Waals surface area (Å²) in [6.45, 7) is 3.53. The van der Waals surface area contributed by atoms with Crippen LogP contribution in [0.25, 0.3) is 6.08 Å². The first kappa shape index (κ1) is 19.9. The van der Waals surface area contributed by atoms with E-state index in [1.54, 1.807) is 32.0 Å². The van der Waals surface area contributed by atoms with Crippen molar-refractivity contribution in [3.8, 4) is 0 Å². The Morgan fingerprint density at radius 1 is 1.37 bits per heavy atom. The Kier molecular flexibility index (Phi) is 5.65. The summed E-state index contributed by atoms with van der Waals surface area (Å²) in [5.41, 5.74) is 1.05. The molecule has 1 N–H and O–H groups in total. The molecule has 0 spiro atoms. The van der Waals surface area contributed by atoms with Crippen molar-refractivity contribution >= 4 is 46.8 Å². The molecule has 1 aromatic carbocycles. The summed E-state index contributed by atoms with van der Waals surface area (Å²) < 4.78 is 4.87. The zero-order chi connectivity index (χ0) is 19.8. The van der Waals surface area contributed by atoms with Crippen molar-refractivity contribution in [1.82, 2.24) is 0 Å². The highest BCUT2D eigenvalue weighted by atomic mass is 35.5. The smallest absolute Gasteiger partial charge is 0.349 e. The monoisotopic (exact) mass is 409 g/mol. The molecule has 1 aliphatic heterocycles. The third-order valence-electron chi connectivity index (χ3n) is 4.93. The molecule has 1 aromatic rings. The SMILES string of the molecule is CCOC(=O)C(Cl)=Cc1cc(N2C(=O)C3=C(CCCC3)C2(C)O)ccc1Cl. The van der Waals surface area contributed by atoms with Gasteiger partial charge < -0.3 is 9.84 Å². The van der Waals surface area contributed by atoms with Gasteiger partial charge in [0, 0.05) is 16.3 Å². The van der Waals surface area contributed by atoms with Gasteiger partial charge in [-0.05, 0) is 74.9 Å². The summed E-state index contributed by atoms with van der Waals surface area (Å²) in [5.74, 6) is -0.842. The number of esters is 1. The van der Waals surface area contributed by atoms with Crippen LogP contribution in [-0.2, 0) is 14.3 Å². The third-order valence-corrected chi connectivity index (χ3v) is 5.53. The van der Waals surface area contributed by atoms with Gasteiger partial charge >= 0.3 is 5.97 Å². The maximum atomic E-state index is 12.9. The molecule has 0 radical (unpaired) electrons. The van der Waals surface area contributed by atoms with Gasteiger partial charge in [0.05, 0.1) is 6.61 Å². The number of benzene rings is 1. The predicted molar refractivity (Wildman–Crippen MR) is 106 cm³/mol. The third kappa shape index (κ3) is 3.64. The predicted octanol–water partition coefficient (Wildman–Crippen LogP) is 4.41. The fourth-order valence-electron chi connectivity index (χ4n) is 3.68. The lowest BCUT2D eigenvalue weighted by Gasteiger charge is -2.33. The summed E-state index contributed by atoms with van der Waals surface area (Å²) in [5, 5.41) is 11.3. The molecule has 144 valence electrons. The van der Waals surface area contributed by atoms with Crippen molar-refractivity contribution in [3.63, 3.8) is 0 Å². The van der Waals surface area contributed by atoms with E-state index < -0.39 is 11.7 Å². The number of hydrogen-bond donors (Lipinski definition) is 1. The van der Waals surface area contributed by atoms with E-state index in [4.69, 9.17) is 27.9 Å². The highest BCUT2D eigenvalue weighted by Gasteiger charge is 2.48. The van der Waals surface area contributed by atoms with Crippen LogP contribution in [0.3, 0.4) is 0 Å². The van der Waals surface area contributed by atoms with Gasteiger partial charge in [-0.1, -0.05) is 23.2 Å². The minimum atomic E-state index is -1.38. The van der Waals surface area contributed by atoms with Crippen LogP contribution >= 0.6 is 23.2 Å². The van der Waals surface area contributed by atoms with Crippen molar-refractivity contribution in [2.75, 3.05) is 11.5 Å². The number of hydrogen-bond acceptors (Lipinski definition) is 4. The minimum Gasteiger partial charge on any atom is -0.462 e. The summed E-state index contributed by atoms with van der Waals surface area (Å²) in [4.78, 5) is 26.1. The van der Waals surface area contributed by atoms with Gasteiger partial charge in [0.1, 0.15) is 5.03 Å². The van der Waals surface area contributed by atoms with E-state index in [1.807, 2.05) is 0 Å². The Bertz CT molecular complexity index is 858. The molecule has 1 aliphatic carbocycles. The molecule has 0 aromatic heterocycles. The van der Waals surface area contributed by atoms with Crippen molar-refractivity contribution in [2.24, 2.45) is 0 Å². The number of anilines is 1. The van der Waals surface area contributed by atoms with Crippen molar-refractivity contribution < 1.29 is 19.4 Å². The Balaban J connectivity index is 1.98. The molecule has 27 heavy (non-hydrogen) atoms. The molecule has 1 atom stereocenters. The second-order valence-corrected chi connectivity index (χ2v) is 7.56. The molecule has 0 saturated carbocycles. The second kappa shape index (κ2) is 7.66. The summed E-state index contributed by atoms with van der Waals surface area (Å²) in [6.07, 6.45) is 4.68. The lowest BCUT2D eigenvalue weighted by atomic mass is 9.89. The average molecular weight is 410 g/mol. The number of aliphatic hydroxyl groups is 1. The molecule has 2 aliphatic rings. The van der Waals surface area contributed by atoms with Crippen molar-refractivity contribution in [2.45, 2.75) is 45.3 Å². The topological polar surface area (TPSA) is 66.8 Å². The van der Waals surface area contributed by atoms with Crippen LogP contribution in [0.5, 0.6) is 0 Å². The lowest BCUT2D eigenvalue weighted by Crippen LogP contribution is -2.46. The van der Waals surface area contributed by atoms with E-state index in [0.717, 1.165) is 18.4 Å². The van der Waals surface area contributed by atoms with E-state index >= 15 is 0 Å². The maximum Gasteiger partial charge on any atom is 0.349 e. The van der Waals surface area contributed by atoms with Gasteiger partial charge in [0.15, 0.2) is 5.72 Å². The number of carbonyl (C=O) groups is 2. The first-order valence-electron chi connectivity index (χ1n) is 8.90. The molecule has 1 unspecified atom stereocenters. The largest absolute Gasteiger partial charge is 0.462 e. The van der Waals surface area contributed by atoms with Gasteiger partial charge in [0.2, 0.25) is 0 Å². The number of amides is 1.